The minimum Gasteiger partial charge on any atom is -0.508 e. The van der Waals surface area contributed by atoms with Crippen LogP contribution >= 0.6 is 0 Å². The number of rotatable bonds is 1. The fourth-order valence-electron chi connectivity index (χ4n) is 2.25. The average molecular weight is 236 g/mol. The summed E-state index contributed by atoms with van der Waals surface area (Å²) in [6.45, 7) is 2.08. The summed E-state index contributed by atoms with van der Waals surface area (Å²) >= 11 is 0. The van der Waals surface area contributed by atoms with Crippen molar-refractivity contribution in [1.29, 1.82) is 0 Å². The van der Waals surface area contributed by atoms with Crippen molar-refractivity contribution in [3.8, 4) is 11.4 Å². The molecule has 0 aliphatic carbocycles. The third kappa shape index (κ3) is 1.72. The fraction of sp³-hybridized carbons (Fsp3) is 0.0625. The normalized spacial score (nSPS) is 10.7. The fourth-order valence-corrected chi connectivity index (χ4v) is 2.25. The van der Waals surface area contributed by atoms with Crippen LogP contribution in [-0.2, 0) is 0 Å². The number of benzene rings is 2. The van der Waals surface area contributed by atoms with E-state index in [9.17, 15) is 5.11 Å². The summed E-state index contributed by atoms with van der Waals surface area (Å²) < 4.78 is 2.19. The Hall–Kier alpha value is -2.35. The van der Waals surface area contributed by atoms with E-state index in [1.54, 1.807) is 12.1 Å². The Labute approximate surface area is 106 Å². The van der Waals surface area contributed by atoms with Gasteiger partial charge in [0.2, 0.25) is 11.2 Å². The maximum absolute atomic E-state index is 9.38. The first-order valence-electron chi connectivity index (χ1n) is 5.95. The Balaban J connectivity index is 2.33. The highest BCUT2D eigenvalue weighted by Crippen LogP contribution is 2.15. The van der Waals surface area contributed by atoms with E-state index < -0.39 is 0 Å². The molecule has 3 rings (SSSR count). The van der Waals surface area contributed by atoms with Gasteiger partial charge in [0.05, 0.1) is 0 Å². The molecule has 0 amide bonds. The van der Waals surface area contributed by atoms with Crippen LogP contribution in [0, 0.1) is 6.92 Å². The number of phenols is 1. The topological polar surface area (TPSA) is 24.1 Å². The van der Waals surface area contributed by atoms with Crippen molar-refractivity contribution in [3.05, 3.63) is 66.4 Å². The zero-order valence-electron chi connectivity index (χ0n) is 10.2. The smallest absolute Gasteiger partial charge is 0.218 e. The molecule has 3 aromatic rings. The molecule has 0 saturated heterocycles. The Morgan fingerprint density at radius 3 is 2.33 bits per heavy atom. The predicted octanol–water partition coefficient (Wildman–Crippen LogP) is 3.13. The molecule has 1 aromatic heterocycles. The molecule has 0 spiro atoms. The van der Waals surface area contributed by atoms with E-state index in [1.807, 2.05) is 24.3 Å². The van der Waals surface area contributed by atoms with E-state index in [0.29, 0.717) is 0 Å². The van der Waals surface area contributed by atoms with Crippen LogP contribution in [-0.4, -0.2) is 5.11 Å². The lowest BCUT2D eigenvalue weighted by molar-refractivity contribution is -0.574. The lowest BCUT2D eigenvalue weighted by atomic mass is 10.1. The first-order valence-corrected chi connectivity index (χ1v) is 5.95. The summed E-state index contributed by atoms with van der Waals surface area (Å²) in [6, 6.07) is 19.8. The Morgan fingerprint density at radius 2 is 1.56 bits per heavy atom. The number of para-hydroxylation sites is 1. The van der Waals surface area contributed by atoms with Crippen LogP contribution in [0.25, 0.3) is 16.6 Å². The minimum atomic E-state index is 0.289. The first-order chi connectivity index (χ1) is 8.75. The summed E-state index contributed by atoms with van der Waals surface area (Å²) in [5.74, 6) is 0.289. The molecule has 0 atom stereocenters. The number of aryl methyl sites for hydroxylation is 1. The Kier molecular flexibility index (Phi) is 2.49. The molecule has 18 heavy (non-hydrogen) atoms. The third-order valence-corrected chi connectivity index (χ3v) is 3.14. The van der Waals surface area contributed by atoms with Gasteiger partial charge in [-0.05, 0) is 24.3 Å². The predicted molar refractivity (Wildman–Crippen MR) is 71.9 cm³/mol. The molecule has 0 fully saturated rings. The van der Waals surface area contributed by atoms with Crippen LogP contribution in [0.15, 0.2) is 60.7 Å². The second-order valence-corrected chi connectivity index (χ2v) is 4.39. The molecule has 1 heterocycles. The van der Waals surface area contributed by atoms with Gasteiger partial charge in [0.15, 0.2) is 5.69 Å². The number of hydrogen-bond donors (Lipinski definition) is 1. The molecule has 0 unspecified atom stereocenters. The highest BCUT2D eigenvalue weighted by Gasteiger charge is 2.14. The molecule has 0 bridgehead atoms. The number of pyridine rings is 1. The van der Waals surface area contributed by atoms with Crippen molar-refractivity contribution in [3.63, 3.8) is 0 Å². The van der Waals surface area contributed by atoms with Crippen molar-refractivity contribution in [2.75, 3.05) is 0 Å². The molecule has 0 aliphatic heterocycles. The van der Waals surface area contributed by atoms with Gasteiger partial charge in [0.1, 0.15) is 5.75 Å². The summed E-state index contributed by atoms with van der Waals surface area (Å²) in [6.07, 6.45) is 0. The van der Waals surface area contributed by atoms with Crippen molar-refractivity contribution in [1.82, 2.24) is 0 Å². The van der Waals surface area contributed by atoms with Crippen LogP contribution in [0.4, 0.5) is 0 Å². The lowest BCUT2D eigenvalue weighted by Gasteiger charge is -2.03. The van der Waals surface area contributed by atoms with E-state index in [0.717, 1.165) is 5.69 Å². The highest BCUT2D eigenvalue weighted by molar-refractivity contribution is 5.75. The summed E-state index contributed by atoms with van der Waals surface area (Å²) in [7, 11) is 0. The van der Waals surface area contributed by atoms with Crippen molar-refractivity contribution >= 4 is 10.9 Å². The second kappa shape index (κ2) is 4.15. The number of nitrogens with zero attached hydrogens (tertiary/aromatic N) is 1. The molecular weight excluding hydrogens is 222 g/mol. The number of aromatic nitrogens is 1. The molecule has 88 valence electrons. The molecule has 2 aromatic carbocycles. The van der Waals surface area contributed by atoms with Crippen LogP contribution in [0.2, 0.25) is 0 Å². The number of aromatic hydroxyl groups is 1. The van der Waals surface area contributed by atoms with Crippen molar-refractivity contribution in [2.24, 2.45) is 0 Å². The van der Waals surface area contributed by atoms with E-state index in [4.69, 9.17) is 0 Å². The van der Waals surface area contributed by atoms with Gasteiger partial charge in [-0.3, -0.25) is 0 Å². The van der Waals surface area contributed by atoms with Gasteiger partial charge in [0, 0.05) is 36.6 Å². The van der Waals surface area contributed by atoms with E-state index >= 15 is 0 Å². The van der Waals surface area contributed by atoms with Gasteiger partial charge < -0.3 is 5.11 Å². The van der Waals surface area contributed by atoms with Crippen LogP contribution < -0.4 is 4.57 Å². The number of fused-ring (bicyclic) bond motifs is 1. The van der Waals surface area contributed by atoms with Gasteiger partial charge in [0.25, 0.3) is 0 Å². The largest absolute Gasteiger partial charge is 0.508 e. The maximum Gasteiger partial charge on any atom is 0.218 e. The summed E-state index contributed by atoms with van der Waals surface area (Å²) in [4.78, 5) is 0. The Bertz CT molecular complexity index is 702. The number of phenolic OH excluding ortho intramolecular Hbond substituents is 1. The van der Waals surface area contributed by atoms with Crippen molar-refractivity contribution in [2.45, 2.75) is 6.92 Å². The zero-order valence-corrected chi connectivity index (χ0v) is 10.2. The quantitative estimate of drug-likeness (QED) is 0.645. The molecule has 0 aliphatic rings. The molecule has 1 N–H and O–H groups in total. The third-order valence-electron chi connectivity index (χ3n) is 3.14. The van der Waals surface area contributed by atoms with Crippen LogP contribution in [0.3, 0.4) is 0 Å². The summed E-state index contributed by atoms with van der Waals surface area (Å²) in [5, 5.41) is 10.6. The molecule has 2 heteroatoms. The van der Waals surface area contributed by atoms with E-state index in [2.05, 4.69) is 35.8 Å². The summed E-state index contributed by atoms with van der Waals surface area (Å²) in [5.41, 5.74) is 3.39. The molecular formula is C16H14NO+. The van der Waals surface area contributed by atoms with Gasteiger partial charge in [-0.2, -0.15) is 4.57 Å². The van der Waals surface area contributed by atoms with E-state index in [1.165, 1.54) is 16.6 Å². The van der Waals surface area contributed by atoms with Gasteiger partial charge in [-0.1, -0.05) is 12.1 Å². The first kappa shape index (κ1) is 10.8. The minimum absolute atomic E-state index is 0.289. The maximum atomic E-state index is 9.38. The molecule has 0 radical (unpaired) electrons. The average Bonchev–Trinajstić information content (AvgIpc) is 2.40. The Morgan fingerprint density at radius 1 is 0.833 bits per heavy atom. The van der Waals surface area contributed by atoms with Gasteiger partial charge in [-0.25, -0.2) is 0 Å². The second-order valence-electron chi connectivity index (χ2n) is 4.39. The monoisotopic (exact) mass is 236 g/mol. The van der Waals surface area contributed by atoms with Crippen molar-refractivity contribution < 1.29 is 9.67 Å². The highest BCUT2D eigenvalue weighted by atomic mass is 16.3. The zero-order chi connectivity index (χ0) is 12.5. The van der Waals surface area contributed by atoms with Gasteiger partial charge >= 0.3 is 0 Å². The lowest BCUT2D eigenvalue weighted by Crippen LogP contribution is -2.34. The SMILES string of the molecule is Cc1ccc2ccccc2[n+]1-c1ccc(O)cc1. The standard InChI is InChI=1S/C16H13NO/c1-12-6-7-13-4-2-3-5-16(13)17(12)14-8-10-15(18)11-9-14/h2-11H,1H3/p+1. The van der Waals surface area contributed by atoms with E-state index in [-0.39, 0.29) is 5.75 Å². The number of hydrogen-bond acceptors (Lipinski definition) is 1. The molecule has 2 nitrogen and oxygen atoms in total. The van der Waals surface area contributed by atoms with Crippen LogP contribution in [0.5, 0.6) is 5.75 Å². The molecule has 0 saturated carbocycles. The van der Waals surface area contributed by atoms with Crippen LogP contribution in [0.1, 0.15) is 5.69 Å². The van der Waals surface area contributed by atoms with Gasteiger partial charge in [-0.15, -0.1) is 0 Å².